The van der Waals surface area contributed by atoms with Crippen LogP contribution in [0.15, 0.2) is 34.9 Å². The number of carboxylic acids is 1. The largest absolute Gasteiger partial charge is 0.480 e. The highest BCUT2D eigenvalue weighted by atomic mass is 16.5. The maximum Gasteiger partial charge on any atom is 0.323 e. The Hall–Kier alpha value is -2.67. The minimum Gasteiger partial charge on any atom is -0.480 e. The van der Waals surface area contributed by atoms with Gasteiger partial charge < -0.3 is 19.3 Å². The van der Waals surface area contributed by atoms with Gasteiger partial charge in [0.25, 0.3) is 5.91 Å². The first-order valence-electron chi connectivity index (χ1n) is 8.19. The number of amides is 1. The molecule has 1 amide bonds. The number of benzene rings is 1. The van der Waals surface area contributed by atoms with E-state index in [9.17, 15) is 9.59 Å². The molecule has 3 rings (SSSR count). The van der Waals surface area contributed by atoms with Gasteiger partial charge in [-0.3, -0.25) is 9.59 Å². The Morgan fingerprint density at radius 3 is 2.56 bits per heavy atom. The van der Waals surface area contributed by atoms with Crippen LogP contribution in [-0.2, 0) is 9.53 Å². The second-order valence-electron chi connectivity index (χ2n) is 6.11. The zero-order valence-corrected chi connectivity index (χ0v) is 14.0. The number of carbonyl (C=O) groups excluding carboxylic acids is 1. The maximum absolute atomic E-state index is 12.8. The van der Waals surface area contributed by atoms with Gasteiger partial charge in [-0.05, 0) is 19.8 Å². The summed E-state index contributed by atoms with van der Waals surface area (Å²) in [6.07, 6.45) is 1.22. The summed E-state index contributed by atoms with van der Waals surface area (Å²) in [6.45, 7) is 2.64. The molecule has 1 aromatic carbocycles. The smallest absolute Gasteiger partial charge is 0.323 e. The number of carbonyl (C=O) groups is 2. The van der Waals surface area contributed by atoms with E-state index in [1.54, 1.807) is 6.07 Å². The van der Waals surface area contributed by atoms with E-state index < -0.39 is 11.9 Å². The molecule has 1 aliphatic rings. The van der Waals surface area contributed by atoms with Crippen LogP contribution in [0.3, 0.4) is 0 Å². The lowest BCUT2D eigenvalue weighted by Gasteiger charge is -2.32. The summed E-state index contributed by atoms with van der Waals surface area (Å²) in [5.41, 5.74) is 2.51. The van der Waals surface area contributed by atoms with Crippen LogP contribution in [0, 0.1) is 6.92 Å². The number of rotatable bonds is 5. The molecule has 0 spiro atoms. The molecule has 0 aliphatic carbocycles. The third kappa shape index (κ3) is 4.06. The number of hydrogen-bond acceptors (Lipinski definition) is 5. The topological polar surface area (TPSA) is 92.9 Å². The lowest BCUT2D eigenvalue weighted by molar-refractivity contribution is -0.138. The summed E-state index contributed by atoms with van der Waals surface area (Å²) in [6, 6.07) is 9.07. The SMILES string of the molecule is Cc1ccc(-c2cc(C(=O)N(CC(=O)O)C3CCOCC3)on2)cc1. The Labute approximate surface area is 145 Å². The van der Waals surface area contributed by atoms with Gasteiger partial charge in [-0.1, -0.05) is 35.0 Å². The highest BCUT2D eigenvalue weighted by Gasteiger charge is 2.30. The predicted octanol–water partition coefficient (Wildman–Crippen LogP) is 2.36. The molecule has 1 aliphatic heterocycles. The molecule has 1 fully saturated rings. The zero-order valence-electron chi connectivity index (χ0n) is 14.0. The average molecular weight is 344 g/mol. The standard InChI is InChI=1S/C18H20N2O5/c1-12-2-4-13(5-3-12)15-10-16(25-19-15)18(23)20(11-17(21)22)14-6-8-24-9-7-14/h2-5,10,14H,6-9,11H2,1H3,(H,21,22). The van der Waals surface area contributed by atoms with Crippen LogP contribution in [-0.4, -0.2) is 52.8 Å². The molecule has 0 bridgehead atoms. The van der Waals surface area contributed by atoms with Gasteiger partial charge in [-0.15, -0.1) is 0 Å². The number of aliphatic carboxylic acids is 1. The molecular formula is C18H20N2O5. The average Bonchev–Trinajstić information content (AvgIpc) is 3.10. The van der Waals surface area contributed by atoms with Gasteiger partial charge in [0.15, 0.2) is 0 Å². The number of carboxylic acid groups (broad SMARTS) is 1. The van der Waals surface area contributed by atoms with Crippen molar-refractivity contribution in [2.24, 2.45) is 0 Å². The molecule has 0 radical (unpaired) electrons. The minimum atomic E-state index is -1.06. The molecule has 0 unspecified atom stereocenters. The molecule has 1 aromatic heterocycles. The van der Waals surface area contributed by atoms with E-state index in [2.05, 4.69) is 5.16 Å². The molecule has 2 aromatic rings. The van der Waals surface area contributed by atoms with Crippen molar-refractivity contribution in [2.45, 2.75) is 25.8 Å². The molecule has 25 heavy (non-hydrogen) atoms. The Kier molecular flexibility index (Phi) is 5.14. The Bertz CT molecular complexity index is 747. The fourth-order valence-corrected chi connectivity index (χ4v) is 2.89. The predicted molar refractivity (Wildman–Crippen MR) is 89.2 cm³/mol. The van der Waals surface area contributed by atoms with Crippen molar-refractivity contribution in [3.63, 3.8) is 0 Å². The van der Waals surface area contributed by atoms with Crippen LogP contribution in [0.4, 0.5) is 0 Å². The summed E-state index contributed by atoms with van der Waals surface area (Å²) < 4.78 is 10.5. The van der Waals surface area contributed by atoms with Gasteiger partial charge in [-0.2, -0.15) is 0 Å². The van der Waals surface area contributed by atoms with E-state index in [-0.39, 0.29) is 18.3 Å². The van der Waals surface area contributed by atoms with Crippen molar-refractivity contribution < 1.29 is 24.0 Å². The molecule has 2 heterocycles. The van der Waals surface area contributed by atoms with Gasteiger partial charge >= 0.3 is 5.97 Å². The first kappa shape index (κ1) is 17.2. The van der Waals surface area contributed by atoms with E-state index in [1.165, 1.54) is 4.90 Å². The minimum absolute atomic E-state index is 0.0447. The van der Waals surface area contributed by atoms with Crippen LogP contribution in [0.1, 0.15) is 29.0 Å². The van der Waals surface area contributed by atoms with Gasteiger partial charge in [0.2, 0.25) is 5.76 Å². The third-order valence-electron chi connectivity index (χ3n) is 4.27. The fourth-order valence-electron chi connectivity index (χ4n) is 2.89. The van der Waals surface area contributed by atoms with Crippen LogP contribution in [0.2, 0.25) is 0 Å². The van der Waals surface area contributed by atoms with E-state index >= 15 is 0 Å². The molecule has 7 heteroatoms. The van der Waals surface area contributed by atoms with Crippen molar-refractivity contribution in [1.29, 1.82) is 0 Å². The number of hydrogen-bond donors (Lipinski definition) is 1. The molecule has 1 N–H and O–H groups in total. The molecule has 0 saturated carbocycles. The highest BCUT2D eigenvalue weighted by molar-refractivity contribution is 5.94. The van der Waals surface area contributed by atoms with E-state index in [0.29, 0.717) is 31.7 Å². The van der Waals surface area contributed by atoms with Gasteiger partial charge in [0.1, 0.15) is 12.2 Å². The van der Waals surface area contributed by atoms with Gasteiger partial charge in [0, 0.05) is 30.9 Å². The van der Waals surface area contributed by atoms with Crippen molar-refractivity contribution >= 4 is 11.9 Å². The zero-order chi connectivity index (χ0) is 17.8. The maximum atomic E-state index is 12.8. The number of aromatic nitrogens is 1. The van der Waals surface area contributed by atoms with Crippen LogP contribution >= 0.6 is 0 Å². The van der Waals surface area contributed by atoms with Crippen molar-refractivity contribution in [3.8, 4) is 11.3 Å². The molecule has 132 valence electrons. The molecular weight excluding hydrogens is 324 g/mol. The number of aryl methyl sites for hydroxylation is 1. The fraction of sp³-hybridized carbons (Fsp3) is 0.389. The molecule has 0 atom stereocenters. The second kappa shape index (κ2) is 7.48. The van der Waals surface area contributed by atoms with Crippen molar-refractivity contribution in [1.82, 2.24) is 10.1 Å². The normalized spacial score (nSPS) is 15.1. The second-order valence-corrected chi connectivity index (χ2v) is 6.11. The van der Waals surface area contributed by atoms with E-state index in [1.807, 2.05) is 31.2 Å². The Balaban J connectivity index is 1.81. The van der Waals surface area contributed by atoms with Gasteiger partial charge in [-0.25, -0.2) is 0 Å². The number of ether oxygens (including phenoxy) is 1. The molecule has 7 nitrogen and oxygen atoms in total. The van der Waals surface area contributed by atoms with E-state index in [4.69, 9.17) is 14.4 Å². The third-order valence-corrected chi connectivity index (χ3v) is 4.27. The Morgan fingerprint density at radius 2 is 1.92 bits per heavy atom. The van der Waals surface area contributed by atoms with Gasteiger partial charge in [0.05, 0.1) is 0 Å². The lowest BCUT2D eigenvalue weighted by atomic mass is 10.1. The lowest BCUT2D eigenvalue weighted by Crippen LogP contribution is -2.45. The quantitative estimate of drug-likeness (QED) is 0.895. The van der Waals surface area contributed by atoms with Crippen molar-refractivity contribution in [3.05, 3.63) is 41.7 Å². The molecule has 1 saturated heterocycles. The van der Waals surface area contributed by atoms with Crippen LogP contribution in [0.5, 0.6) is 0 Å². The van der Waals surface area contributed by atoms with Crippen LogP contribution < -0.4 is 0 Å². The first-order chi connectivity index (χ1) is 12.0. The monoisotopic (exact) mass is 344 g/mol. The summed E-state index contributed by atoms with van der Waals surface area (Å²) in [5.74, 6) is -1.47. The Morgan fingerprint density at radius 1 is 1.24 bits per heavy atom. The highest BCUT2D eigenvalue weighted by Crippen LogP contribution is 2.22. The van der Waals surface area contributed by atoms with Crippen LogP contribution in [0.25, 0.3) is 11.3 Å². The summed E-state index contributed by atoms with van der Waals surface area (Å²) in [4.78, 5) is 25.3. The summed E-state index contributed by atoms with van der Waals surface area (Å²) in [7, 11) is 0. The first-order valence-corrected chi connectivity index (χ1v) is 8.19. The summed E-state index contributed by atoms with van der Waals surface area (Å²) >= 11 is 0. The van der Waals surface area contributed by atoms with E-state index in [0.717, 1.165) is 11.1 Å². The number of nitrogens with zero attached hydrogens (tertiary/aromatic N) is 2. The van der Waals surface area contributed by atoms with Crippen molar-refractivity contribution in [2.75, 3.05) is 19.8 Å². The summed E-state index contributed by atoms with van der Waals surface area (Å²) in [5, 5.41) is 13.1.